The molecule has 4 heteroatoms. The van der Waals surface area contributed by atoms with Crippen LogP contribution in [0.3, 0.4) is 0 Å². The summed E-state index contributed by atoms with van der Waals surface area (Å²) < 4.78 is 18.9. The number of methoxy groups -OCH3 is 1. The van der Waals surface area contributed by atoms with Crippen molar-refractivity contribution in [2.75, 3.05) is 7.11 Å². The van der Waals surface area contributed by atoms with Crippen molar-refractivity contribution in [1.29, 1.82) is 5.41 Å². The van der Waals surface area contributed by atoms with Crippen LogP contribution in [0.25, 0.3) is 6.08 Å². The summed E-state index contributed by atoms with van der Waals surface area (Å²) in [4.78, 5) is 4.23. The van der Waals surface area contributed by atoms with Gasteiger partial charge in [-0.25, -0.2) is 4.39 Å². The van der Waals surface area contributed by atoms with Gasteiger partial charge in [0.2, 0.25) is 0 Å². The zero-order valence-electron chi connectivity index (χ0n) is 15.4. The Labute approximate surface area is 158 Å². The number of allylic oxidation sites excluding steroid dienone is 1. The fraction of sp³-hybridized carbons (Fsp3) is 0.130. The number of halogens is 1. The van der Waals surface area contributed by atoms with Crippen LogP contribution in [0, 0.1) is 18.2 Å². The molecule has 0 unspecified atom stereocenters. The van der Waals surface area contributed by atoms with Crippen molar-refractivity contribution in [3.05, 3.63) is 101 Å². The molecule has 1 N–H and O–H groups in total. The van der Waals surface area contributed by atoms with Gasteiger partial charge in [-0.1, -0.05) is 18.2 Å². The van der Waals surface area contributed by atoms with Crippen LogP contribution in [-0.4, -0.2) is 17.8 Å². The van der Waals surface area contributed by atoms with E-state index >= 15 is 0 Å². The van der Waals surface area contributed by atoms with Gasteiger partial charge in [0.1, 0.15) is 11.6 Å². The van der Waals surface area contributed by atoms with Crippen LogP contribution >= 0.6 is 0 Å². The van der Waals surface area contributed by atoms with Crippen molar-refractivity contribution < 1.29 is 9.13 Å². The number of nitrogens with one attached hydrogen (secondary N) is 1. The van der Waals surface area contributed by atoms with Crippen LogP contribution < -0.4 is 4.74 Å². The van der Waals surface area contributed by atoms with Crippen molar-refractivity contribution in [2.45, 2.75) is 13.3 Å². The van der Waals surface area contributed by atoms with Crippen LogP contribution in [-0.2, 0) is 6.42 Å². The summed E-state index contributed by atoms with van der Waals surface area (Å²) in [7, 11) is 1.53. The van der Waals surface area contributed by atoms with Gasteiger partial charge in [-0.3, -0.25) is 4.98 Å². The lowest BCUT2D eigenvalue weighted by Gasteiger charge is -2.10. The van der Waals surface area contributed by atoms with E-state index in [9.17, 15) is 4.39 Å². The maximum absolute atomic E-state index is 13.7. The Morgan fingerprint density at radius 2 is 1.96 bits per heavy atom. The van der Waals surface area contributed by atoms with E-state index in [0.29, 0.717) is 17.9 Å². The molecule has 0 bridgehead atoms. The lowest BCUT2D eigenvalue weighted by atomic mass is 9.97. The Hall–Kier alpha value is -3.27. The van der Waals surface area contributed by atoms with Crippen molar-refractivity contribution >= 4 is 11.8 Å². The molecule has 0 amide bonds. The zero-order valence-corrected chi connectivity index (χ0v) is 15.4. The van der Waals surface area contributed by atoms with Crippen molar-refractivity contribution in [1.82, 2.24) is 4.98 Å². The topological polar surface area (TPSA) is 46.0 Å². The molecule has 136 valence electrons. The molecule has 0 fully saturated rings. The van der Waals surface area contributed by atoms with Gasteiger partial charge in [-0.05, 0) is 72.5 Å². The molecule has 2 aromatic carbocycles. The Morgan fingerprint density at radius 1 is 1.11 bits per heavy atom. The first-order valence-corrected chi connectivity index (χ1v) is 8.66. The molecule has 0 aliphatic heterocycles. The Morgan fingerprint density at radius 3 is 2.70 bits per heavy atom. The Balaban J connectivity index is 1.83. The van der Waals surface area contributed by atoms with Gasteiger partial charge >= 0.3 is 0 Å². The van der Waals surface area contributed by atoms with E-state index in [1.54, 1.807) is 12.3 Å². The van der Waals surface area contributed by atoms with Crippen LogP contribution in [0.5, 0.6) is 5.75 Å². The minimum Gasteiger partial charge on any atom is -0.497 e. The largest absolute Gasteiger partial charge is 0.497 e. The highest BCUT2D eigenvalue weighted by molar-refractivity contribution is 6.09. The van der Waals surface area contributed by atoms with Gasteiger partial charge in [0.05, 0.1) is 18.5 Å². The van der Waals surface area contributed by atoms with Gasteiger partial charge in [0.25, 0.3) is 0 Å². The Kier molecular flexibility index (Phi) is 5.77. The molecule has 0 radical (unpaired) electrons. The van der Waals surface area contributed by atoms with Gasteiger partial charge in [-0.2, -0.15) is 0 Å². The number of hydrogen-bond acceptors (Lipinski definition) is 3. The maximum atomic E-state index is 13.7. The second kappa shape index (κ2) is 8.41. The molecular weight excluding hydrogens is 339 g/mol. The van der Waals surface area contributed by atoms with E-state index in [1.165, 1.54) is 19.2 Å². The molecule has 0 spiro atoms. The van der Waals surface area contributed by atoms with E-state index in [0.717, 1.165) is 27.9 Å². The standard InChI is InChI=1S/C23H21FN2O/c1-16-6-7-17(11-18-12-19(24)15-21(13-18)27-2)14-22(16)23(25)9-8-20-5-3-4-10-26-20/h3-10,12-15,25H,11H2,1-2H3/b9-8+,25-23?. The van der Waals surface area contributed by atoms with Crippen molar-refractivity contribution in [3.63, 3.8) is 0 Å². The third-order valence-corrected chi connectivity index (χ3v) is 4.28. The number of aryl methyl sites for hydroxylation is 1. The van der Waals surface area contributed by atoms with Gasteiger partial charge in [-0.15, -0.1) is 0 Å². The van der Waals surface area contributed by atoms with Crippen LogP contribution in [0.1, 0.15) is 27.9 Å². The summed E-state index contributed by atoms with van der Waals surface area (Å²) in [6, 6.07) is 16.3. The number of hydrogen-bond donors (Lipinski definition) is 1. The van der Waals surface area contributed by atoms with E-state index in [1.807, 2.05) is 55.5 Å². The summed E-state index contributed by atoms with van der Waals surface area (Å²) in [5.41, 5.74) is 4.94. The van der Waals surface area contributed by atoms with E-state index in [-0.39, 0.29) is 5.82 Å². The molecule has 0 aliphatic rings. The molecule has 1 aromatic heterocycles. The summed E-state index contributed by atoms with van der Waals surface area (Å²) in [6.45, 7) is 1.98. The van der Waals surface area contributed by atoms with E-state index in [4.69, 9.17) is 10.1 Å². The molecule has 1 heterocycles. The highest BCUT2D eigenvalue weighted by Gasteiger charge is 2.07. The molecule has 0 saturated carbocycles. The number of nitrogens with zero attached hydrogens (tertiary/aromatic N) is 1. The average Bonchev–Trinajstić information content (AvgIpc) is 2.68. The predicted octanol–water partition coefficient (Wildman–Crippen LogP) is 5.21. The van der Waals surface area contributed by atoms with Crippen molar-refractivity contribution in [2.24, 2.45) is 0 Å². The number of pyridine rings is 1. The fourth-order valence-electron chi connectivity index (χ4n) is 2.88. The van der Waals surface area contributed by atoms with Gasteiger partial charge in [0, 0.05) is 17.8 Å². The molecule has 0 atom stereocenters. The third kappa shape index (κ3) is 4.88. The normalized spacial score (nSPS) is 10.9. The second-order valence-electron chi connectivity index (χ2n) is 6.33. The van der Waals surface area contributed by atoms with E-state index < -0.39 is 0 Å². The maximum Gasteiger partial charge on any atom is 0.127 e. The molecular formula is C23H21FN2O. The number of aromatic nitrogens is 1. The SMILES string of the molecule is COc1cc(F)cc(Cc2ccc(C)c(C(=N)/C=C/c3ccccn3)c2)c1. The van der Waals surface area contributed by atoms with Gasteiger partial charge in [0.15, 0.2) is 0 Å². The minimum absolute atomic E-state index is 0.317. The first kappa shape index (κ1) is 18.5. The molecule has 0 aliphatic carbocycles. The highest BCUT2D eigenvalue weighted by atomic mass is 19.1. The monoisotopic (exact) mass is 360 g/mol. The summed E-state index contributed by atoms with van der Waals surface area (Å²) in [6.07, 6.45) is 5.87. The summed E-state index contributed by atoms with van der Waals surface area (Å²) >= 11 is 0. The van der Waals surface area contributed by atoms with Crippen LogP contribution in [0.4, 0.5) is 4.39 Å². The van der Waals surface area contributed by atoms with Crippen LogP contribution in [0.2, 0.25) is 0 Å². The second-order valence-corrected chi connectivity index (χ2v) is 6.33. The summed E-state index contributed by atoms with van der Waals surface area (Å²) in [5, 5.41) is 8.40. The first-order chi connectivity index (χ1) is 13.0. The number of ether oxygens (including phenoxy) is 1. The quantitative estimate of drug-likeness (QED) is 0.613. The average molecular weight is 360 g/mol. The summed E-state index contributed by atoms with van der Waals surface area (Å²) in [5.74, 6) is 0.186. The first-order valence-electron chi connectivity index (χ1n) is 8.66. The highest BCUT2D eigenvalue weighted by Crippen LogP contribution is 2.21. The number of rotatable bonds is 6. The van der Waals surface area contributed by atoms with Gasteiger partial charge < -0.3 is 10.1 Å². The molecule has 3 nitrogen and oxygen atoms in total. The third-order valence-electron chi connectivity index (χ3n) is 4.28. The minimum atomic E-state index is -0.317. The fourth-order valence-corrected chi connectivity index (χ4v) is 2.88. The predicted molar refractivity (Wildman–Crippen MR) is 107 cm³/mol. The smallest absolute Gasteiger partial charge is 0.127 e. The van der Waals surface area contributed by atoms with E-state index in [2.05, 4.69) is 4.98 Å². The Bertz CT molecular complexity index is 981. The molecule has 0 saturated heterocycles. The van der Waals surface area contributed by atoms with Crippen molar-refractivity contribution in [3.8, 4) is 5.75 Å². The number of benzene rings is 2. The zero-order chi connectivity index (χ0) is 19.2. The van der Waals surface area contributed by atoms with Crippen LogP contribution in [0.15, 0.2) is 66.9 Å². The molecule has 3 aromatic rings. The molecule has 27 heavy (non-hydrogen) atoms. The lowest BCUT2D eigenvalue weighted by Crippen LogP contribution is -2.01. The molecule has 3 rings (SSSR count). The lowest BCUT2D eigenvalue weighted by molar-refractivity contribution is 0.410.